The number of hydrogen-bond donors (Lipinski definition) is 1. The van der Waals surface area contributed by atoms with Gasteiger partial charge in [-0.1, -0.05) is 0 Å². The van der Waals surface area contributed by atoms with Crippen LogP contribution in [0.3, 0.4) is 0 Å². The zero-order chi connectivity index (χ0) is 14.8. The number of anilines is 1. The molecule has 0 spiro atoms. The zero-order valence-corrected chi connectivity index (χ0v) is 11.7. The van der Waals surface area contributed by atoms with Crippen molar-refractivity contribution in [3.05, 3.63) is 48.3 Å². The Bertz CT molecular complexity index is 810. The predicted octanol–water partition coefficient (Wildman–Crippen LogP) is 2.23. The van der Waals surface area contributed by atoms with E-state index in [-0.39, 0.29) is 5.91 Å². The first-order valence-corrected chi connectivity index (χ1v) is 6.40. The molecule has 2 aromatic heterocycles. The SMILES string of the molecule is COc1ccc2cc(C(=O)Nc3ccn(C)n3)cnc2c1. The third-order valence-corrected chi connectivity index (χ3v) is 3.11. The minimum absolute atomic E-state index is 0.237. The van der Waals surface area contributed by atoms with E-state index in [2.05, 4.69) is 15.4 Å². The average molecular weight is 282 g/mol. The maximum Gasteiger partial charge on any atom is 0.258 e. The molecule has 6 heteroatoms. The van der Waals surface area contributed by atoms with Crippen molar-refractivity contribution in [2.45, 2.75) is 0 Å². The van der Waals surface area contributed by atoms with Crippen molar-refractivity contribution < 1.29 is 9.53 Å². The first kappa shape index (κ1) is 13.1. The topological polar surface area (TPSA) is 69.0 Å². The van der Waals surface area contributed by atoms with E-state index >= 15 is 0 Å². The number of hydrogen-bond acceptors (Lipinski definition) is 4. The molecular formula is C15H14N4O2. The highest BCUT2D eigenvalue weighted by Crippen LogP contribution is 2.20. The van der Waals surface area contributed by atoms with E-state index in [4.69, 9.17) is 4.74 Å². The summed E-state index contributed by atoms with van der Waals surface area (Å²) in [6.07, 6.45) is 3.31. The lowest BCUT2D eigenvalue weighted by molar-refractivity contribution is 0.102. The standard InChI is InChI=1S/C15H14N4O2/c1-19-6-5-14(18-19)17-15(20)11-7-10-3-4-12(21-2)8-13(10)16-9-11/h3-9H,1-2H3,(H,17,18,20). The second-order valence-corrected chi connectivity index (χ2v) is 4.61. The number of ether oxygens (including phenoxy) is 1. The van der Waals surface area contributed by atoms with Gasteiger partial charge in [0.1, 0.15) is 5.75 Å². The predicted molar refractivity (Wildman–Crippen MR) is 79.5 cm³/mol. The molecule has 6 nitrogen and oxygen atoms in total. The lowest BCUT2D eigenvalue weighted by Gasteiger charge is -2.05. The van der Waals surface area contributed by atoms with E-state index < -0.39 is 0 Å². The lowest BCUT2D eigenvalue weighted by Crippen LogP contribution is -2.12. The molecule has 1 aromatic carbocycles. The van der Waals surface area contributed by atoms with Crippen molar-refractivity contribution in [3.63, 3.8) is 0 Å². The molecule has 0 aliphatic heterocycles. The zero-order valence-electron chi connectivity index (χ0n) is 11.7. The van der Waals surface area contributed by atoms with E-state index in [0.29, 0.717) is 11.4 Å². The van der Waals surface area contributed by atoms with Gasteiger partial charge >= 0.3 is 0 Å². The van der Waals surface area contributed by atoms with Crippen LogP contribution in [0.2, 0.25) is 0 Å². The molecule has 3 aromatic rings. The van der Waals surface area contributed by atoms with Gasteiger partial charge in [-0.15, -0.1) is 0 Å². The molecule has 21 heavy (non-hydrogen) atoms. The van der Waals surface area contributed by atoms with Gasteiger partial charge in [-0.2, -0.15) is 5.10 Å². The van der Waals surface area contributed by atoms with Crippen LogP contribution in [-0.2, 0) is 7.05 Å². The molecule has 0 atom stereocenters. The summed E-state index contributed by atoms with van der Waals surface area (Å²) in [6.45, 7) is 0. The van der Waals surface area contributed by atoms with Crippen molar-refractivity contribution in [2.24, 2.45) is 7.05 Å². The van der Waals surface area contributed by atoms with Crippen LogP contribution in [0.1, 0.15) is 10.4 Å². The highest BCUT2D eigenvalue weighted by atomic mass is 16.5. The van der Waals surface area contributed by atoms with Crippen molar-refractivity contribution in [1.82, 2.24) is 14.8 Å². The molecule has 0 radical (unpaired) electrons. The molecule has 106 valence electrons. The summed E-state index contributed by atoms with van der Waals surface area (Å²) < 4.78 is 6.78. The molecule has 1 amide bonds. The van der Waals surface area contributed by atoms with Crippen molar-refractivity contribution in [1.29, 1.82) is 0 Å². The summed E-state index contributed by atoms with van der Waals surface area (Å²) in [4.78, 5) is 16.5. The summed E-state index contributed by atoms with van der Waals surface area (Å²) in [5, 5.41) is 7.72. The number of nitrogens with one attached hydrogen (secondary N) is 1. The van der Waals surface area contributed by atoms with Crippen LogP contribution in [0.4, 0.5) is 5.82 Å². The van der Waals surface area contributed by atoms with Gasteiger partial charge in [-0.25, -0.2) is 0 Å². The molecule has 0 aliphatic rings. The number of benzene rings is 1. The minimum Gasteiger partial charge on any atom is -0.497 e. The molecule has 2 heterocycles. The van der Waals surface area contributed by atoms with Crippen molar-refractivity contribution in [2.75, 3.05) is 12.4 Å². The van der Waals surface area contributed by atoms with Crippen LogP contribution in [0.25, 0.3) is 10.9 Å². The number of amides is 1. The van der Waals surface area contributed by atoms with Gasteiger partial charge in [0.25, 0.3) is 5.91 Å². The first-order valence-electron chi connectivity index (χ1n) is 6.40. The highest BCUT2D eigenvalue weighted by Gasteiger charge is 2.09. The normalized spacial score (nSPS) is 10.6. The van der Waals surface area contributed by atoms with Crippen LogP contribution >= 0.6 is 0 Å². The maximum atomic E-state index is 12.2. The van der Waals surface area contributed by atoms with Gasteiger partial charge in [-0.3, -0.25) is 14.5 Å². The van der Waals surface area contributed by atoms with Crippen LogP contribution < -0.4 is 10.1 Å². The van der Waals surface area contributed by atoms with Crippen LogP contribution in [0, 0.1) is 0 Å². The number of nitrogens with zero attached hydrogens (tertiary/aromatic N) is 3. The Balaban J connectivity index is 1.88. The number of methoxy groups -OCH3 is 1. The number of carbonyl (C=O) groups excluding carboxylic acids is 1. The molecule has 0 saturated carbocycles. The Hall–Kier alpha value is -2.89. The van der Waals surface area contributed by atoms with Gasteiger partial charge < -0.3 is 10.1 Å². The number of fused-ring (bicyclic) bond motifs is 1. The number of rotatable bonds is 3. The van der Waals surface area contributed by atoms with Crippen LogP contribution in [0.5, 0.6) is 5.75 Å². The average Bonchev–Trinajstić information content (AvgIpc) is 2.91. The van der Waals surface area contributed by atoms with Gasteiger partial charge in [0.2, 0.25) is 0 Å². The molecule has 0 unspecified atom stereocenters. The summed E-state index contributed by atoms with van der Waals surface area (Å²) in [7, 11) is 3.40. The quantitative estimate of drug-likeness (QED) is 0.799. The number of carbonyl (C=O) groups is 1. The fourth-order valence-electron chi connectivity index (χ4n) is 2.02. The summed E-state index contributed by atoms with van der Waals surface area (Å²) in [6, 6.07) is 9.07. The Kier molecular flexibility index (Phi) is 3.27. The number of aromatic nitrogens is 3. The van der Waals surface area contributed by atoms with Gasteiger partial charge in [0.05, 0.1) is 18.2 Å². The first-order chi connectivity index (χ1) is 10.2. The summed E-state index contributed by atoms with van der Waals surface area (Å²) in [5.74, 6) is 1.01. The van der Waals surface area contributed by atoms with E-state index in [9.17, 15) is 4.79 Å². The maximum absolute atomic E-state index is 12.2. The highest BCUT2D eigenvalue weighted by molar-refractivity contribution is 6.05. The molecule has 0 bridgehead atoms. The molecule has 0 fully saturated rings. The van der Waals surface area contributed by atoms with E-state index in [1.807, 2.05) is 18.2 Å². The third-order valence-electron chi connectivity index (χ3n) is 3.11. The van der Waals surface area contributed by atoms with Crippen molar-refractivity contribution in [3.8, 4) is 5.75 Å². The van der Waals surface area contributed by atoms with Crippen molar-refractivity contribution >= 4 is 22.6 Å². The number of aryl methyl sites for hydroxylation is 1. The monoisotopic (exact) mass is 282 g/mol. The van der Waals surface area contributed by atoms with E-state index in [1.54, 1.807) is 43.4 Å². The molecule has 3 rings (SSSR count). The Morgan fingerprint density at radius 3 is 2.86 bits per heavy atom. The van der Waals surface area contributed by atoms with Gasteiger partial charge in [0, 0.05) is 37.0 Å². The molecule has 0 aliphatic carbocycles. The Morgan fingerprint density at radius 2 is 2.14 bits per heavy atom. The second-order valence-electron chi connectivity index (χ2n) is 4.61. The van der Waals surface area contributed by atoms with Crippen LogP contribution in [0.15, 0.2) is 42.7 Å². The third kappa shape index (κ3) is 2.69. The lowest BCUT2D eigenvalue weighted by atomic mass is 10.1. The van der Waals surface area contributed by atoms with Gasteiger partial charge in [0.15, 0.2) is 5.82 Å². The Morgan fingerprint density at radius 1 is 1.29 bits per heavy atom. The second kappa shape index (κ2) is 5.24. The van der Waals surface area contributed by atoms with E-state index in [0.717, 1.165) is 16.7 Å². The smallest absolute Gasteiger partial charge is 0.258 e. The fourth-order valence-corrected chi connectivity index (χ4v) is 2.02. The van der Waals surface area contributed by atoms with Crippen LogP contribution in [-0.4, -0.2) is 27.8 Å². The van der Waals surface area contributed by atoms with Gasteiger partial charge in [-0.05, 0) is 18.2 Å². The molecule has 1 N–H and O–H groups in total. The largest absolute Gasteiger partial charge is 0.497 e. The fraction of sp³-hybridized carbons (Fsp3) is 0.133. The number of pyridine rings is 1. The minimum atomic E-state index is -0.237. The summed E-state index contributed by atoms with van der Waals surface area (Å²) in [5.41, 5.74) is 1.27. The molecular weight excluding hydrogens is 268 g/mol. The summed E-state index contributed by atoms with van der Waals surface area (Å²) >= 11 is 0. The Labute approximate surface area is 121 Å². The molecule has 0 saturated heterocycles. The van der Waals surface area contributed by atoms with E-state index in [1.165, 1.54) is 0 Å².